The van der Waals surface area contributed by atoms with Gasteiger partial charge >= 0.3 is 6.03 Å². The maximum Gasteiger partial charge on any atom is 0.319 e. The van der Waals surface area contributed by atoms with Crippen molar-refractivity contribution in [2.75, 3.05) is 19.5 Å². The molecule has 0 fully saturated rings. The predicted molar refractivity (Wildman–Crippen MR) is 103 cm³/mol. The summed E-state index contributed by atoms with van der Waals surface area (Å²) >= 11 is 1.62. The number of hydrogen-bond acceptors (Lipinski definition) is 5. The second-order valence-corrected chi connectivity index (χ2v) is 6.31. The Balaban J connectivity index is 1.67. The summed E-state index contributed by atoms with van der Waals surface area (Å²) < 4.78 is 10.4. The third-order valence-electron chi connectivity index (χ3n) is 3.74. The third kappa shape index (κ3) is 4.12. The number of nitrogens with one attached hydrogen (secondary N) is 2. The van der Waals surface area contributed by atoms with Crippen molar-refractivity contribution in [3.8, 4) is 22.1 Å². The number of hydrogen-bond donors (Lipinski definition) is 2. The van der Waals surface area contributed by atoms with Crippen LogP contribution in [0, 0.1) is 0 Å². The summed E-state index contributed by atoms with van der Waals surface area (Å²) in [4.78, 5) is 17.8. The average molecular weight is 369 g/mol. The van der Waals surface area contributed by atoms with Crippen LogP contribution in [0.5, 0.6) is 11.5 Å². The molecular formula is C19H19N3O3S. The van der Waals surface area contributed by atoms with Crippen molar-refractivity contribution < 1.29 is 14.3 Å². The van der Waals surface area contributed by atoms with Crippen LogP contribution in [0.25, 0.3) is 10.6 Å². The standard InChI is InChI=1S/C19H19N3O3S/c1-24-14-7-8-15(16(11-14)25-2)22-19(23)21-12-13-5-3-9-20-18(13)17-6-4-10-26-17/h3-11H,12H2,1-2H3,(H2,21,22,23). The van der Waals surface area contributed by atoms with Gasteiger partial charge in [-0.3, -0.25) is 4.98 Å². The zero-order valence-corrected chi connectivity index (χ0v) is 15.3. The van der Waals surface area contributed by atoms with Crippen molar-refractivity contribution in [1.29, 1.82) is 0 Å². The minimum atomic E-state index is -0.325. The lowest BCUT2D eigenvalue weighted by atomic mass is 10.1. The molecule has 0 spiro atoms. The van der Waals surface area contributed by atoms with Crippen LogP contribution in [-0.4, -0.2) is 25.2 Å². The normalized spacial score (nSPS) is 10.2. The van der Waals surface area contributed by atoms with E-state index in [1.54, 1.807) is 50.0 Å². The van der Waals surface area contributed by atoms with Gasteiger partial charge in [0, 0.05) is 18.8 Å². The Kier molecular flexibility index (Phi) is 5.70. The van der Waals surface area contributed by atoms with E-state index in [4.69, 9.17) is 9.47 Å². The van der Waals surface area contributed by atoms with E-state index >= 15 is 0 Å². The molecule has 0 aliphatic rings. The highest BCUT2D eigenvalue weighted by Gasteiger charge is 2.11. The Morgan fingerprint density at radius 2 is 2.04 bits per heavy atom. The predicted octanol–water partition coefficient (Wildman–Crippen LogP) is 4.15. The second kappa shape index (κ2) is 8.35. The van der Waals surface area contributed by atoms with Crippen molar-refractivity contribution in [1.82, 2.24) is 10.3 Å². The van der Waals surface area contributed by atoms with Crippen LogP contribution in [0.15, 0.2) is 54.0 Å². The first-order valence-electron chi connectivity index (χ1n) is 7.96. The highest BCUT2D eigenvalue weighted by atomic mass is 32.1. The summed E-state index contributed by atoms with van der Waals surface area (Å²) in [6.45, 7) is 0.366. The van der Waals surface area contributed by atoms with E-state index in [0.717, 1.165) is 16.1 Å². The molecule has 0 bridgehead atoms. The van der Waals surface area contributed by atoms with Gasteiger partial charge in [0.15, 0.2) is 0 Å². The first-order chi connectivity index (χ1) is 12.7. The monoisotopic (exact) mass is 369 g/mol. The molecule has 0 aliphatic heterocycles. The Morgan fingerprint density at radius 1 is 1.15 bits per heavy atom. The fourth-order valence-corrected chi connectivity index (χ4v) is 3.22. The molecule has 0 saturated carbocycles. The molecule has 3 aromatic rings. The molecule has 2 N–H and O–H groups in total. The number of amides is 2. The molecule has 26 heavy (non-hydrogen) atoms. The minimum Gasteiger partial charge on any atom is -0.497 e. The van der Waals surface area contributed by atoms with Gasteiger partial charge in [-0.2, -0.15) is 0 Å². The number of urea groups is 1. The number of pyridine rings is 1. The zero-order chi connectivity index (χ0) is 18.4. The summed E-state index contributed by atoms with van der Waals surface area (Å²) in [5.74, 6) is 1.18. The van der Waals surface area contributed by atoms with Crippen LogP contribution >= 0.6 is 11.3 Å². The molecule has 0 radical (unpaired) electrons. The summed E-state index contributed by atoms with van der Waals surface area (Å²) in [5.41, 5.74) is 2.40. The van der Waals surface area contributed by atoms with Crippen LogP contribution in [0.4, 0.5) is 10.5 Å². The fraction of sp³-hybridized carbons (Fsp3) is 0.158. The number of nitrogens with zero attached hydrogens (tertiary/aromatic N) is 1. The molecule has 134 valence electrons. The van der Waals surface area contributed by atoms with E-state index in [0.29, 0.717) is 23.7 Å². The fourth-order valence-electron chi connectivity index (χ4n) is 2.46. The van der Waals surface area contributed by atoms with Crippen LogP contribution in [0.3, 0.4) is 0 Å². The number of ether oxygens (including phenoxy) is 2. The van der Waals surface area contributed by atoms with Crippen molar-refractivity contribution in [3.63, 3.8) is 0 Å². The topological polar surface area (TPSA) is 72.5 Å². The number of carbonyl (C=O) groups is 1. The third-order valence-corrected chi connectivity index (χ3v) is 4.62. The highest BCUT2D eigenvalue weighted by Crippen LogP contribution is 2.29. The van der Waals surface area contributed by atoms with Gasteiger partial charge in [0.1, 0.15) is 11.5 Å². The van der Waals surface area contributed by atoms with Crippen LogP contribution in [0.1, 0.15) is 5.56 Å². The smallest absolute Gasteiger partial charge is 0.319 e. The lowest BCUT2D eigenvalue weighted by Gasteiger charge is -2.13. The molecule has 0 aliphatic carbocycles. The highest BCUT2D eigenvalue weighted by molar-refractivity contribution is 7.13. The maximum atomic E-state index is 12.3. The number of aromatic nitrogens is 1. The van der Waals surface area contributed by atoms with E-state index < -0.39 is 0 Å². The Labute approximate surface area is 155 Å². The minimum absolute atomic E-state index is 0.325. The summed E-state index contributed by atoms with van der Waals surface area (Å²) in [5, 5.41) is 7.65. The van der Waals surface area contributed by atoms with Crippen molar-refractivity contribution in [3.05, 3.63) is 59.6 Å². The van der Waals surface area contributed by atoms with E-state index in [1.165, 1.54) is 0 Å². The van der Waals surface area contributed by atoms with Gasteiger partial charge in [-0.05, 0) is 35.2 Å². The largest absolute Gasteiger partial charge is 0.497 e. The van der Waals surface area contributed by atoms with Gasteiger partial charge in [-0.15, -0.1) is 11.3 Å². The maximum absolute atomic E-state index is 12.3. The molecule has 0 unspecified atom stereocenters. The van der Waals surface area contributed by atoms with E-state index in [2.05, 4.69) is 15.6 Å². The van der Waals surface area contributed by atoms with Crippen molar-refractivity contribution in [2.45, 2.75) is 6.54 Å². The Bertz CT molecular complexity index is 881. The molecule has 6 nitrogen and oxygen atoms in total. The van der Waals surface area contributed by atoms with E-state index in [9.17, 15) is 4.79 Å². The van der Waals surface area contributed by atoms with Gasteiger partial charge in [-0.1, -0.05) is 12.1 Å². The van der Waals surface area contributed by atoms with Gasteiger partial charge in [0.25, 0.3) is 0 Å². The average Bonchev–Trinajstić information content (AvgIpc) is 3.21. The molecule has 1 aromatic carbocycles. The summed E-state index contributed by atoms with van der Waals surface area (Å²) in [6.07, 6.45) is 1.75. The van der Waals surface area contributed by atoms with Crippen LogP contribution in [-0.2, 0) is 6.54 Å². The van der Waals surface area contributed by atoms with Gasteiger partial charge in [0.05, 0.1) is 30.5 Å². The van der Waals surface area contributed by atoms with Gasteiger partial charge < -0.3 is 20.1 Å². The number of methoxy groups -OCH3 is 2. The quantitative estimate of drug-likeness (QED) is 0.685. The number of benzene rings is 1. The Hall–Kier alpha value is -3.06. The molecule has 7 heteroatoms. The van der Waals surface area contributed by atoms with Crippen molar-refractivity contribution >= 4 is 23.1 Å². The SMILES string of the molecule is COc1ccc(NC(=O)NCc2cccnc2-c2cccs2)c(OC)c1. The number of thiophene rings is 1. The molecule has 2 aromatic heterocycles. The second-order valence-electron chi connectivity index (χ2n) is 5.36. The van der Waals surface area contributed by atoms with Crippen LogP contribution < -0.4 is 20.1 Å². The molecule has 2 amide bonds. The number of anilines is 1. The first kappa shape index (κ1) is 17.8. The molecule has 0 atom stereocenters. The number of carbonyl (C=O) groups excluding carboxylic acids is 1. The molecule has 2 heterocycles. The molecule has 0 saturated heterocycles. The van der Waals surface area contributed by atoms with Crippen LogP contribution in [0.2, 0.25) is 0 Å². The molecular weight excluding hydrogens is 350 g/mol. The Morgan fingerprint density at radius 3 is 2.77 bits per heavy atom. The zero-order valence-electron chi connectivity index (χ0n) is 14.5. The van der Waals surface area contributed by atoms with Gasteiger partial charge in [0.2, 0.25) is 0 Å². The van der Waals surface area contributed by atoms with Crippen molar-refractivity contribution in [2.24, 2.45) is 0 Å². The summed E-state index contributed by atoms with van der Waals surface area (Å²) in [7, 11) is 3.12. The van der Waals surface area contributed by atoms with E-state index in [1.807, 2.05) is 29.6 Å². The lowest BCUT2D eigenvalue weighted by Crippen LogP contribution is -2.28. The lowest BCUT2D eigenvalue weighted by molar-refractivity contribution is 0.251. The first-order valence-corrected chi connectivity index (χ1v) is 8.84. The number of rotatable bonds is 6. The summed E-state index contributed by atoms with van der Waals surface area (Å²) in [6, 6.07) is 12.7. The molecule has 3 rings (SSSR count). The van der Waals surface area contributed by atoms with Gasteiger partial charge in [-0.25, -0.2) is 4.79 Å². The van der Waals surface area contributed by atoms with E-state index in [-0.39, 0.29) is 6.03 Å².